The van der Waals surface area contributed by atoms with E-state index in [1.165, 1.54) is 0 Å². The number of hydrogen-bond acceptors (Lipinski definition) is 2. The standard InChI is InChI=1S/C11H17NO/c1-3-12-9(2)11(13)10-7-5-4-6-8-10/h4-9,11-13H,3H2,1-2H3. The van der Waals surface area contributed by atoms with E-state index in [-0.39, 0.29) is 6.04 Å². The Labute approximate surface area is 79.6 Å². The third-order valence-electron chi connectivity index (χ3n) is 2.14. The average Bonchev–Trinajstić information content (AvgIpc) is 2.18. The van der Waals surface area contributed by atoms with Crippen LogP contribution in [0.5, 0.6) is 0 Å². The molecule has 2 nitrogen and oxygen atoms in total. The van der Waals surface area contributed by atoms with E-state index >= 15 is 0 Å². The van der Waals surface area contributed by atoms with E-state index < -0.39 is 6.10 Å². The molecule has 0 aliphatic heterocycles. The lowest BCUT2D eigenvalue weighted by Crippen LogP contribution is -2.31. The number of nitrogens with one attached hydrogen (secondary N) is 1. The minimum atomic E-state index is -0.416. The zero-order valence-electron chi connectivity index (χ0n) is 8.20. The van der Waals surface area contributed by atoms with Gasteiger partial charge in [0.25, 0.3) is 0 Å². The summed E-state index contributed by atoms with van der Waals surface area (Å²) >= 11 is 0. The maximum atomic E-state index is 9.86. The molecular formula is C11H17NO. The molecule has 0 spiro atoms. The van der Waals surface area contributed by atoms with Crippen molar-refractivity contribution < 1.29 is 5.11 Å². The highest BCUT2D eigenvalue weighted by atomic mass is 16.3. The van der Waals surface area contributed by atoms with Crippen molar-refractivity contribution in [2.75, 3.05) is 6.54 Å². The van der Waals surface area contributed by atoms with Crippen molar-refractivity contribution in [3.63, 3.8) is 0 Å². The molecule has 2 N–H and O–H groups in total. The molecule has 2 unspecified atom stereocenters. The SMILES string of the molecule is CCNC(C)C(O)c1ccccc1. The number of benzene rings is 1. The fourth-order valence-corrected chi connectivity index (χ4v) is 1.37. The molecule has 2 atom stereocenters. The van der Waals surface area contributed by atoms with Gasteiger partial charge in [-0.1, -0.05) is 37.3 Å². The smallest absolute Gasteiger partial charge is 0.0940 e. The van der Waals surface area contributed by atoms with Crippen LogP contribution in [0.4, 0.5) is 0 Å². The Morgan fingerprint density at radius 2 is 1.92 bits per heavy atom. The van der Waals surface area contributed by atoms with Crippen molar-refractivity contribution in [3.05, 3.63) is 35.9 Å². The number of aliphatic hydroxyl groups is 1. The van der Waals surface area contributed by atoms with Crippen LogP contribution in [0.1, 0.15) is 25.5 Å². The van der Waals surface area contributed by atoms with Gasteiger partial charge in [0.1, 0.15) is 0 Å². The molecule has 0 aromatic heterocycles. The van der Waals surface area contributed by atoms with Crippen LogP contribution in [0, 0.1) is 0 Å². The van der Waals surface area contributed by atoms with Crippen molar-refractivity contribution in [2.24, 2.45) is 0 Å². The second-order valence-electron chi connectivity index (χ2n) is 3.20. The summed E-state index contributed by atoms with van der Waals surface area (Å²) in [5, 5.41) is 13.1. The molecule has 1 aromatic carbocycles. The number of rotatable bonds is 4. The summed E-state index contributed by atoms with van der Waals surface area (Å²) in [7, 11) is 0. The van der Waals surface area contributed by atoms with Crippen molar-refractivity contribution in [1.29, 1.82) is 0 Å². The zero-order chi connectivity index (χ0) is 9.68. The highest BCUT2D eigenvalue weighted by Gasteiger charge is 2.13. The molecule has 2 heteroatoms. The van der Waals surface area contributed by atoms with Crippen LogP contribution in [0.15, 0.2) is 30.3 Å². The van der Waals surface area contributed by atoms with E-state index in [0.29, 0.717) is 0 Å². The Bertz CT molecular complexity index is 235. The van der Waals surface area contributed by atoms with Crippen LogP contribution in [0.25, 0.3) is 0 Å². The predicted molar refractivity (Wildman–Crippen MR) is 54.5 cm³/mol. The highest BCUT2D eigenvalue weighted by molar-refractivity contribution is 5.18. The molecule has 1 rings (SSSR count). The molecule has 0 amide bonds. The second kappa shape index (κ2) is 5.00. The van der Waals surface area contributed by atoms with Crippen LogP contribution in [-0.4, -0.2) is 17.7 Å². The molecular weight excluding hydrogens is 162 g/mol. The van der Waals surface area contributed by atoms with Gasteiger partial charge < -0.3 is 10.4 Å². The molecule has 0 aliphatic carbocycles. The van der Waals surface area contributed by atoms with E-state index in [9.17, 15) is 5.11 Å². The van der Waals surface area contributed by atoms with Gasteiger partial charge in [-0.2, -0.15) is 0 Å². The van der Waals surface area contributed by atoms with Gasteiger partial charge in [-0.25, -0.2) is 0 Å². The van der Waals surface area contributed by atoms with E-state index in [2.05, 4.69) is 5.32 Å². The van der Waals surface area contributed by atoms with Crippen molar-refractivity contribution >= 4 is 0 Å². The fourth-order valence-electron chi connectivity index (χ4n) is 1.37. The van der Waals surface area contributed by atoms with E-state index in [1.54, 1.807) is 0 Å². The Balaban J connectivity index is 2.62. The quantitative estimate of drug-likeness (QED) is 0.737. The first-order valence-electron chi connectivity index (χ1n) is 4.72. The summed E-state index contributed by atoms with van der Waals surface area (Å²) in [6, 6.07) is 9.83. The molecule has 0 aliphatic rings. The predicted octanol–water partition coefficient (Wildman–Crippen LogP) is 1.72. The summed E-state index contributed by atoms with van der Waals surface area (Å²) in [5.41, 5.74) is 0.968. The molecule has 0 saturated carbocycles. The van der Waals surface area contributed by atoms with E-state index in [1.807, 2.05) is 44.2 Å². The average molecular weight is 179 g/mol. The molecule has 0 fully saturated rings. The van der Waals surface area contributed by atoms with E-state index in [4.69, 9.17) is 0 Å². The topological polar surface area (TPSA) is 32.3 Å². The first kappa shape index (κ1) is 10.2. The number of likely N-dealkylation sites (N-methyl/N-ethyl adjacent to an activating group) is 1. The van der Waals surface area contributed by atoms with Crippen LogP contribution in [0.3, 0.4) is 0 Å². The zero-order valence-corrected chi connectivity index (χ0v) is 8.20. The van der Waals surface area contributed by atoms with Crippen molar-refractivity contribution in [1.82, 2.24) is 5.32 Å². The van der Waals surface area contributed by atoms with Crippen LogP contribution in [0.2, 0.25) is 0 Å². The summed E-state index contributed by atoms with van der Waals surface area (Å²) in [6.07, 6.45) is -0.416. The van der Waals surface area contributed by atoms with Crippen molar-refractivity contribution in [3.8, 4) is 0 Å². The molecule has 1 aromatic rings. The Morgan fingerprint density at radius 1 is 1.31 bits per heavy atom. The van der Waals surface area contributed by atoms with Crippen LogP contribution < -0.4 is 5.32 Å². The summed E-state index contributed by atoms with van der Waals surface area (Å²) in [6.45, 7) is 4.90. The van der Waals surface area contributed by atoms with Gasteiger partial charge in [0, 0.05) is 6.04 Å². The van der Waals surface area contributed by atoms with Gasteiger partial charge in [0.05, 0.1) is 6.10 Å². The highest BCUT2D eigenvalue weighted by Crippen LogP contribution is 2.15. The molecule has 13 heavy (non-hydrogen) atoms. The number of aliphatic hydroxyl groups excluding tert-OH is 1. The van der Waals surface area contributed by atoms with Crippen molar-refractivity contribution in [2.45, 2.75) is 26.0 Å². The summed E-state index contributed by atoms with van der Waals surface area (Å²) in [5.74, 6) is 0. The largest absolute Gasteiger partial charge is 0.387 e. The lowest BCUT2D eigenvalue weighted by Gasteiger charge is -2.19. The third kappa shape index (κ3) is 2.83. The number of hydrogen-bond donors (Lipinski definition) is 2. The lowest BCUT2D eigenvalue weighted by molar-refractivity contribution is 0.137. The van der Waals surface area contributed by atoms with E-state index in [0.717, 1.165) is 12.1 Å². The Morgan fingerprint density at radius 3 is 2.46 bits per heavy atom. The molecule has 0 bridgehead atoms. The van der Waals surface area contributed by atoms with Crippen LogP contribution in [-0.2, 0) is 0 Å². The Kier molecular flexibility index (Phi) is 3.93. The van der Waals surface area contributed by atoms with Gasteiger partial charge in [-0.05, 0) is 19.0 Å². The summed E-state index contributed by atoms with van der Waals surface area (Å²) < 4.78 is 0. The van der Waals surface area contributed by atoms with Gasteiger partial charge in [0.15, 0.2) is 0 Å². The van der Waals surface area contributed by atoms with Crippen LogP contribution >= 0.6 is 0 Å². The monoisotopic (exact) mass is 179 g/mol. The minimum absolute atomic E-state index is 0.104. The first-order valence-corrected chi connectivity index (χ1v) is 4.72. The molecule has 0 saturated heterocycles. The first-order chi connectivity index (χ1) is 6.25. The van der Waals surface area contributed by atoms with Gasteiger partial charge in [-0.3, -0.25) is 0 Å². The van der Waals surface area contributed by atoms with Gasteiger partial charge in [-0.15, -0.1) is 0 Å². The molecule has 0 heterocycles. The molecule has 72 valence electrons. The maximum Gasteiger partial charge on any atom is 0.0940 e. The minimum Gasteiger partial charge on any atom is -0.387 e. The Hall–Kier alpha value is -0.860. The fraction of sp³-hybridized carbons (Fsp3) is 0.455. The third-order valence-corrected chi connectivity index (χ3v) is 2.14. The van der Waals surface area contributed by atoms with Gasteiger partial charge in [0.2, 0.25) is 0 Å². The summed E-state index contributed by atoms with van der Waals surface area (Å²) in [4.78, 5) is 0. The molecule has 0 radical (unpaired) electrons. The second-order valence-corrected chi connectivity index (χ2v) is 3.20. The normalized spacial score (nSPS) is 15.3. The lowest BCUT2D eigenvalue weighted by atomic mass is 10.0. The maximum absolute atomic E-state index is 9.86. The van der Waals surface area contributed by atoms with Gasteiger partial charge >= 0.3 is 0 Å².